The van der Waals surface area contributed by atoms with Gasteiger partial charge in [-0.1, -0.05) is 43.1 Å². The van der Waals surface area contributed by atoms with Crippen LogP contribution in [-0.2, 0) is 9.59 Å². The van der Waals surface area contributed by atoms with Crippen molar-refractivity contribution in [2.45, 2.75) is 26.3 Å². The molecule has 1 amide bonds. The fraction of sp³-hybridized carbons (Fsp3) is 0.333. The van der Waals surface area contributed by atoms with Gasteiger partial charge in [-0.05, 0) is 36.1 Å². The average Bonchev–Trinajstić information content (AvgIpc) is 2.38. The lowest BCUT2D eigenvalue weighted by molar-refractivity contribution is -0.141. The van der Waals surface area contributed by atoms with Crippen LogP contribution in [0.2, 0.25) is 10.0 Å². The molecule has 114 valence electrons. The minimum Gasteiger partial charge on any atom is -0.480 e. The van der Waals surface area contributed by atoms with Gasteiger partial charge in [0.15, 0.2) is 0 Å². The van der Waals surface area contributed by atoms with Gasteiger partial charge in [-0.2, -0.15) is 0 Å². The molecule has 0 aliphatic heterocycles. The Morgan fingerprint density at radius 1 is 1.29 bits per heavy atom. The van der Waals surface area contributed by atoms with Gasteiger partial charge in [0.25, 0.3) is 0 Å². The summed E-state index contributed by atoms with van der Waals surface area (Å²) in [5.74, 6) is -1.33. The molecular weight excluding hydrogens is 313 g/mol. The third-order valence-electron chi connectivity index (χ3n) is 2.69. The second-order valence-electron chi connectivity index (χ2n) is 5.04. The summed E-state index contributed by atoms with van der Waals surface area (Å²) in [4.78, 5) is 22.8. The molecule has 0 fully saturated rings. The molecule has 6 heteroatoms. The fourth-order valence-electron chi connectivity index (χ4n) is 1.70. The van der Waals surface area contributed by atoms with E-state index in [-0.39, 0.29) is 5.92 Å². The van der Waals surface area contributed by atoms with Crippen molar-refractivity contribution in [3.8, 4) is 0 Å². The summed E-state index contributed by atoms with van der Waals surface area (Å²) < 4.78 is 0. The molecule has 0 unspecified atom stereocenters. The molecule has 1 aromatic rings. The third-order valence-corrected chi connectivity index (χ3v) is 3.43. The number of carbonyl (C=O) groups is 2. The van der Waals surface area contributed by atoms with E-state index in [4.69, 9.17) is 28.3 Å². The first kappa shape index (κ1) is 17.5. The van der Waals surface area contributed by atoms with Gasteiger partial charge in [-0.25, -0.2) is 4.79 Å². The van der Waals surface area contributed by atoms with Crippen LogP contribution in [0.1, 0.15) is 25.8 Å². The van der Waals surface area contributed by atoms with Crippen molar-refractivity contribution in [3.05, 3.63) is 39.9 Å². The lowest BCUT2D eigenvalue weighted by Crippen LogP contribution is -2.40. The molecule has 4 nitrogen and oxygen atoms in total. The number of aliphatic carboxylic acids is 1. The maximum Gasteiger partial charge on any atom is 0.326 e. The van der Waals surface area contributed by atoms with E-state index in [1.807, 2.05) is 13.8 Å². The van der Waals surface area contributed by atoms with Crippen LogP contribution in [0, 0.1) is 5.92 Å². The van der Waals surface area contributed by atoms with Crippen LogP contribution >= 0.6 is 23.2 Å². The molecule has 0 aromatic heterocycles. The largest absolute Gasteiger partial charge is 0.480 e. The van der Waals surface area contributed by atoms with Crippen molar-refractivity contribution in [3.63, 3.8) is 0 Å². The van der Waals surface area contributed by atoms with Crippen molar-refractivity contribution >= 4 is 41.2 Å². The zero-order valence-corrected chi connectivity index (χ0v) is 13.3. The van der Waals surface area contributed by atoms with E-state index in [0.717, 1.165) is 0 Å². The maximum absolute atomic E-state index is 11.7. The van der Waals surface area contributed by atoms with Gasteiger partial charge < -0.3 is 10.4 Å². The first-order valence-corrected chi connectivity index (χ1v) is 7.21. The number of carboxylic acid groups (broad SMARTS) is 1. The van der Waals surface area contributed by atoms with E-state index in [1.54, 1.807) is 24.3 Å². The molecule has 0 aliphatic rings. The van der Waals surface area contributed by atoms with Crippen molar-refractivity contribution < 1.29 is 14.7 Å². The Hall–Kier alpha value is -1.52. The third kappa shape index (κ3) is 6.19. The van der Waals surface area contributed by atoms with E-state index in [9.17, 15) is 9.59 Å². The lowest BCUT2D eigenvalue weighted by Gasteiger charge is -2.15. The molecule has 0 spiro atoms. The van der Waals surface area contributed by atoms with Gasteiger partial charge in [-0.3, -0.25) is 4.79 Å². The number of rotatable bonds is 6. The zero-order chi connectivity index (χ0) is 16.0. The van der Waals surface area contributed by atoms with E-state index in [1.165, 1.54) is 6.08 Å². The molecule has 0 heterocycles. The first-order chi connectivity index (χ1) is 9.79. The van der Waals surface area contributed by atoms with Crippen LogP contribution in [0.4, 0.5) is 0 Å². The van der Waals surface area contributed by atoms with Crippen LogP contribution in [0.3, 0.4) is 0 Å². The number of halogens is 2. The minimum absolute atomic E-state index is 0.172. The molecule has 0 saturated carbocycles. The smallest absolute Gasteiger partial charge is 0.326 e. The molecule has 2 N–H and O–H groups in total. The van der Waals surface area contributed by atoms with Crippen molar-refractivity contribution in [2.24, 2.45) is 5.92 Å². The van der Waals surface area contributed by atoms with Crippen molar-refractivity contribution in [1.82, 2.24) is 5.32 Å². The van der Waals surface area contributed by atoms with E-state index >= 15 is 0 Å². The molecule has 21 heavy (non-hydrogen) atoms. The predicted octanol–water partition coefficient (Wildman–Crippen LogP) is 3.62. The monoisotopic (exact) mass is 329 g/mol. The Bertz CT molecular complexity index is 556. The Kier molecular flexibility index (Phi) is 6.72. The quantitative estimate of drug-likeness (QED) is 0.783. The number of hydrogen-bond donors (Lipinski definition) is 2. The highest BCUT2D eigenvalue weighted by atomic mass is 35.5. The Balaban J connectivity index is 2.68. The van der Waals surface area contributed by atoms with Crippen LogP contribution in [0.15, 0.2) is 24.3 Å². The summed E-state index contributed by atoms with van der Waals surface area (Å²) in [6.45, 7) is 3.79. The number of carboxylic acids is 1. The summed E-state index contributed by atoms with van der Waals surface area (Å²) in [6, 6.07) is 4.06. The minimum atomic E-state index is -1.04. The summed E-state index contributed by atoms with van der Waals surface area (Å²) in [6.07, 6.45) is 3.20. The lowest BCUT2D eigenvalue weighted by atomic mass is 10.0. The molecule has 1 rings (SSSR count). The van der Waals surface area contributed by atoms with Crippen LogP contribution < -0.4 is 5.32 Å². The Morgan fingerprint density at radius 3 is 2.48 bits per heavy atom. The number of hydrogen-bond acceptors (Lipinski definition) is 2. The second kappa shape index (κ2) is 8.05. The highest BCUT2D eigenvalue weighted by Gasteiger charge is 2.19. The van der Waals surface area contributed by atoms with Gasteiger partial charge in [0.2, 0.25) is 5.91 Å². The molecule has 0 aliphatic carbocycles. The van der Waals surface area contributed by atoms with Gasteiger partial charge in [0.1, 0.15) is 6.04 Å². The average molecular weight is 330 g/mol. The summed E-state index contributed by atoms with van der Waals surface area (Å²) in [7, 11) is 0. The fourth-order valence-corrected chi connectivity index (χ4v) is 2.01. The maximum atomic E-state index is 11.7. The normalized spacial score (nSPS) is 12.6. The SMILES string of the molecule is CC(C)C[C@@H](NC(=O)C=Cc1ccc(Cl)c(Cl)c1)C(=O)O. The number of nitrogens with one attached hydrogen (secondary N) is 1. The second-order valence-corrected chi connectivity index (χ2v) is 5.85. The molecule has 1 aromatic carbocycles. The summed E-state index contributed by atoms with van der Waals surface area (Å²) >= 11 is 11.7. The van der Waals surface area contributed by atoms with Gasteiger partial charge in [0, 0.05) is 6.08 Å². The standard InChI is InChI=1S/C15H17Cl2NO3/c1-9(2)7-13(15(20)21)18-14(19)6-4-10-3-5-11(16)12(17)8-10/h3-6,8-9,13H,7H2,1-2H3,(H,18,19)(H,20,21)/t13-/m1/s1. The summed E-state index contributed by atoms with van der Waals surface area (Å²) in [5.41, 5.74) is 0.704. The van der Waals surface area contributed by atoms with Crippen molar-refractivity contribution in [1.29, 1.82) is 0 Å². The first-order valence-electron chi connectivity index (χ1n) is 6.46. The Morgan fingerprint density at radius 2 is 1.95 bits per heavy atom. The van der Waals surface area contributed by atoms with Gasteiger partial charge in [0.05, 0.1) is 10.0 Å². The highest BCUT2D eigenvalue weighted by Crippen LogP contribution is 2.23. The number of amides is 1. The Labute approximate surface area is 133 Å². The molecular formula is C15H17Cl2NO3. The van der Waals surface area contributed by atoms with Gasteiger partial charge in [-0.15, -0.1) is 0 Å². The van der Waals surface area contributed by atoms with E-state index in [0.29, 0.717) is 22.0 Å². The highest BCUT2D eigenvalue weighted by molar-refractivity contribution is 6.42. The zero-order valence-electron chi connectivity index (χ0n) is 11.8. The predicted molar refractivity (Wildman–Crippen MR) is 84.5 cm³/mol. The van der Waals surface area contributed by atoms with E-state index in [2.05, 4.69) is 5.32 Å². The molecule has 0 radical (unpaired) electrons. The number of carbonyl (C=O) groups excluding carboxylic acids is 1. The van der Waals surface area contributed by atoms with Crippen LogP contribution in [0.5, 0.6) is 0 Å². The van der Waals surface area contributed by atoms with Gasteiger partial charge >= 0.3 is 5.97 Å². The summed E-state index contributed by atoms with van der Waals surface area (Å²) in [5, 5.41) is 12.3. The molecule has 0 bridgehead atoms. The van der Waals surface area contributed by atoms with Crippen LogP contribution in [-0.4, -0.2) is 23.0 Å². The molecule has 1 atom stereocenters. The van der Waals surface area contributed by atoms with Crippen molar-refractivity contribution in [2.75, 3.05) is 0 Å². The topological polar surface area (TPSA) is 66.4 Å². The number of benzene rings is 1. The van der Waals surface area contributed by atoms with Crippen LogP contribution in [0.25, 0.3) is 6.08 Å². The molecule has 0 saturated heterocycles. The van der Waals surface area contributed by atoms with E-state index < -0.39 is 17.9 Å².